The fourth-order valence-electron chi connectivity index (χ4n) is 2.39. The van der Waals surface area contributed by atoms with Gasteiger partial charge < -0.3 is 16.2 Å². The number of hydrogen-bond acceptors (Lipinski definition) is 3. The summed E-state index contributed by atoms with van der Waals surface area (Å²) in [6, 6.07) is 3.75. The van der Waals surface area contributed by atoms with Gasteiger partial charge in [0.1, 0.15) is 5.75 Å². The van der Waals surface area contributed by atoms with Crippen LogP contribution in [0.25, 0.3) is 0 Å². The standard InChI is InChI=1S/C15H26N2O/c1-4-6-7-11(5-2)8-12-9-13(16)10-14(17)15(12)18-3/h9-11H,4-8,16-17H2,1-3H3. The first kappa shape index (κ1) is 14.7. The molecule has 0 spiro atoms. The molecule has 18 heavy (non-hydrogen) atoms. The molecule has 4 N–H and O–H groups in total. The van der Waals surface area contributed by atoms with Gasteiger partial charge in [0.2, 0.25) is 0 Å². The molecule has 0 aliphatic heterocycles. The fraction of sp³-hybridized carbons (Fsp3) is 0.600. The SMILES string of the molecule is CCCCC(CC)Cc1cc(N)cc(N)c1OC. The Labute approximate surface area is 111 Å². The molecule has 0 saturated heterocycles. The lowest BCUT2D eigenvalue weighted by Gasteiger charge is -2.18. The van der Waals surface area contributed by atoms with Crippen molar-refractivity contribution in [2.75, 3.05) is 18.6 Å². The van der Waals surface area contributed by atoms with Crippen molar-refractivity contribution in [3.05, 3.63) is 17.7 Å². The van der Waals surface area contributed by atoms with E-state index in [4.69, 9.17) is 16.2 Å². The molecule has 0 heterocycles. The van der Waals surface area contributed by atoms with E-state index >= 15 is 0 Å². The number of hydrogen-bond donors (Lipinski definition) is 2. The first-order chi connectivity index (χ1) is 8.62. The van der Waals surface area contributed by atoms with Gasteiger partial charge in [-0.1, -0.05) is 39.5 Å². The number of anilines is 2. The highest BCUT2D eigenvalue weighted by atomic mass is 16.5. The van der Waals surface area contributed by atoms with E-state index in [0.717, 1.165) is 17.7 Å². The Balaban J connectivity index is 2.87. The maximum absolute atomic E-state index is 5.95. The lowest BCUT2D eigenvalue weighted by molar-refractivity contribution is 0.398. The van der Waals surface area contributed by atoms with Crippen LogP contribution in [0.3, 0.4) is 0 Å². The van der Waals surface area contributed by atoms with Crippen LogP contribution in [0.1, 0.15) is 45.1 Å². The van der Waals surface area contributed by atoms with E-state index in [9.17, 15) is 0 Å². The van der Waals surface area contributed by atoms with Crippen LogP contribution in [0.5, 0.6) is 5.75 Å². The van der Waals surface area contributed by atoms with Crippen molar-refractivity contribution in [3.63, 3.8) is 0 Å². The number of nitrogens with two attached hydrogens (primary N) is 2. The molecule has 0 aliphatic carbocycles. The van der Waals surface area contributed by atoms with Gasteiger partial charge in [-0.05, 0) is 30.0 Å². The zero-order valence-corrected chi connectivity index (χ0v) is 11.8. The van der Waals surface area contributed by atoms with Gasteiger partial charge >= 0.3 is 0 Å². The molecule has 1 unspecified atom stereocenters. The van der Waals surface area contributed by atoms with Crippen molar-refractivity contribution >= 4 is 11.4 Å². The number of benzene rings is 1. The Bertz CT molecular complexity index is 377. The molecule has 0 bridgehead atoms. The van der Waals surface area contributed by atoms with Crippen molar-refractivity contribution < 1.29 is 4.74 Å². The summed E-state index contributed by atoms with van der Waals surface area (Å²) in [5, 5.41) is 0. The summed E-state index contributed by atoms with van der Waals surface area (Å²) >= 11 is 0. The lowest BCUT2D eigenvalue weighted by Crippen LogP contribution is -2.07. The van der Waals surface area contributed by atoms with Crippen LogP contribution in [-0.4, -0.2) is 7.11 Å². The highest BCUT2D eigenvalue weighted by Gasteiger charge is 2.13. The molecule has 1 aromatic rings. The molecule has 0 saturated carbocycles. The summed E-state index contributed by atoms with van der Waals surface area (Å²) in [5.41, 5.74) is 14.3. The molecule has 3 heteroatoms. The van der Waals surface area contributed by atoms with E-state index < -0.39 is 0 Å². The topological polar surface area (TPSA) is 61.3 Å². The van der Waals surface area contributed by atoms with Crippen LogP contribution < -0.4 is 16.2 Å². The molecule has 1 rings (SSSR count). The van der Waals surface area contributed by atoms with Gasteiger partial charge in [0.15, 0.2) is 0 Å². The lowest BCUT2D eigenvalue weighted by atomic mass is 9.91. The molecule has 0 radical (unpaired) electrons. The Morgan fingerprint density at radius 1 is 1.22 bits per heavy atom. The number of unbranched alkanes of at least 4 members (excludes halogenated alkanes) is 1. The van der Waals surface area contributed by atoms with Gasteiger partial charge in [0, 0.05) is 5.69 Å². The second kappa shape index (κ2) is 7.14. The predicted octanol–water partition coefficient (Wildman–Crippen LogP) is 3.62. The number of methoxy groups -OCH3 is 1. The van der Waals surface area contributed by atoms with Gasteiger partial charge in [0.25, 0.3) is 0 Å². The second-order valence-corrected chi connectivity index (χ2v) is 4.92. The Kier molecular flexibility index (Phi) is 5.83. The van der Waals surface area contributed by atoms with Crippen LogP contribution in [0.15, 0.2) is 12.1 Å². The van der Waals surface area contributed by atoms with Crippen LogP contribution >= 0.6 is 0 Å². The van der Waals surface area contributed by atoms with Gasteiger partial charge in [-0.25, -0.2) is 0 Å². The highest BCUT2D eigenvalue weighted by molar-refractivity contribution is 5.64. The monoisotopic (exact) mass is 250 g/mol. The molecule has 1 aromatic carbocycles. The third-order valence-corrected chi connectivity index (χ3v) is 3.47. The largest absolute Gasteiger partial charge is 0.494 e. The van der Waals surface area contributed by atoms with Crippen molar-refractivity contribution in [2.45, 2.75) is 46.0 Å². The number of rotatable bonds is 7. The molecular weight excluding hydrogens is 224 g/mol. The van der Waals surface area contributed by atoms with Crippen LogP contribution in [-0.2, 0) is 6.42 Å². The van der Waals surface area contributed by atoms with Gasteiger partial charge in [-0.2, -0.15) is 0 Å². The van der Waals surface area contributed by atoms with E-state index in [2.05, 4.69) is 13.8 Å². The Morgan fingerprint density at radius 3 is 2.50 bits per heavy atom. The van der Waals surface area contributed by atoms with Gasteiger partial charge in [-0.3, -0.25) is 0 Å². The van der Waals surface area contributed by atoms with Crippen molar-refractivity contribution in [3.8, 4) is 5.75 Å². The summed E-state index contributed by atoms with van der Waals surface area (Å²) < 4.78 is 5.40. The molecular formula is C15H26N2O. The van der Waals surface area contributed by atoms with Crippen LogP contribution in [0.4, 0.5) is 11.4 Å². The number of ether oxygens (including phenoxy) is 1. The average molecular weight is 250 g/mol. The van der Waals surface area contributed by atoms with Gasteiger partial charge in [0.05, 0.1) is 12.8 Å². The van der Waals surface area contributed by atoms with E-state index in [1.807, 2.05) is 6.07 Å². The molecule has 0 aromatic heterocycles. The summed E-state index contributed by atoms with van der Waals surface area (Å²) in [6.45, 7) is 4.47. The fourth-order valence-corrected chi connectivity index (χ4v) is 2.39. The first-order valence-electron chi connectivity index (χ1n) is 6.84. The van der Waals surface area contributed by atoms with Crippen LogP contribution in [0, 0.1) is 5.92 Å². The van der Waals surface area contributed by atoms with E-state index in [1.165, 1.54) is 25.7 Å². The predicted molar refractivity (Wildman–Crippen MR) is 78.8 cm³/mol. The minimum atomic E-state index is 0.637. The maximum atomic E-state index is 5.95. The molecule has 0 fully saturated rings. The Hall–Kier alpha value is -1.38. The van der Waals surface area contributed by atoms with Crippen molar-refractivity contribution in [1.82, 2.24) is 0 Å². The van der Waals surface area contributed by atoms with Crippen molar-refractivity contribution in [1.29, 1.82) is 0 Å². The Morgan fingerprint density at radius 2 is 1.94 bits per heavy atom. The van der Waals surface area contributed by atoms with Gasteiger partial charge in [-0.15, -0.1) is 0 Å². The quantitative estimate of drug-likeness (QED) is 0.727. The second-order valence-electron chi connectivity index (χ2n) is 4.92. The average Bonchev–Trinajstić information content (AvgIpc) is 2.33. The molecule has 3 nitrogen and oxygen atoms in total. The molecule has 102 valence electrons. The number of nitrogen functional groups attached to an aromatic ring is 2. The maximum Gasteiger partial charge on any atom is 0.145 e. The third kappa shape index (κ3) is 3.83. The summed E-state index contributed by atoms with van der Waals surface area (Å²) in [7, 11) is 1.67. The van der Waals surface area contributed by atoms with E-state index in [1.54, 1.807) is 13.2 Å². The van der Waals surface area contributed by atoms with E-state index in [0.29, 0.717) is 17.3 Å². The summed E-state index contributed by atoms with van der Waals surface area (Å²) in [5.74, 6) is 1.47. The molecule has 0 amide bonds. The minimum Gasteiger partial charge on any atom is -0.494 e. The first-order valence-corrected chi connectivity index (χ1v) is 6.84. The van der Waals surface area contributed by atoms with Crippen molar-refractivity contribution in [2.24, 2.45) is 5.92 Å². The molecule has 1 atom stereocenters. The smallest absolute Gasteiger partial charge is 0.145 e. The third-order valence-electron chi connectivity index (χ3n) is 3.47. The highest BCUT2D eigenvalue weighted by Crippen LogP contribution is 2.32. The summed E-state index contributed by atoms with van der Waals surface area (Å²) in [6.07, 6.45) is 5.95. The van der Waals surface area contributed by atoms with Crippen LogP contribution in [0.2, 0.25) is 0 Å². The zero-order valence-electron chi connectivity index (χ0n) is 11.8. The van der Waals surface area contributed by atoms with E-state index in [-0.39, 0.29) is 0 Å². The summed E-state index contributed by atoms with van der Waals surface area (Å²) in [4.78, 5) is 0. The minimum absolute atomic E-state index is 0.637. The zero-order chi connectivity index (χ0) is 13.5. The normalized spacial score (nSPS) is 12.4. The molecule has 0 aliphatic rings.